The molecule has 0 aromatic carbocycles. The quantitative estimate of drug-likeness (QED) is 0.735. The number of likely N-dealkylation sites (N-methyl/N-ethyl adjacent to an activating group) is 1. The van der Waals surface area contributed by atoms with Crippen LogP contribution in [-0.4, -0.2) is 28.0 Å². The van der Waals surface area contributed by atoms with Crippen molar-refractivity contribution < 1.29 is 4.39 Å². The van der Waals surface area contributed by atoms with Crippen LogP contribution in [0.4, 0.5) is 4.39 Å². The van der Waals surface area contributed by atoms with Gasteiger partial charge in [0.25, 0.3) is 0 Å². The zero-order valence-electron chi connectivity index (χ0n) is 9.42. The Kier molecular flexibility index (Phi) is 2.01. The fraction of sp³-hybridized carbons (Fsp3) is 0.417. The number of aromatic nitrogens is 2. The topological polar surface area (TPSA) is 31.9 Å². The van der Waals surface area contributed by atoms with Gasteiger partial charge in [-0.25, -0.2) is 9.37 Å². The van der Waals surface area contributed by atoms with E-state index < -0.39 is 0 Å². The standard InChI is InChI=1S/C12H14FN3/c1-7-3-9-10-4-8(13)5-14-12(10)15-11(9)6-16(7)2/h4-5,7H,3,6H2,1-2H3,(H,14,15)/t7-/m0/s1. The Hall–Kier alpha value is -1.42. The summed E-state index contributed by atoms with van der Waals surface area (Å²) in [6, 6.07) is 2.07. The van der Waals surface area contributed by atoms with E-state index in [0.29, 0.717) is 6.04 Å². The first kappa shape index (κ1) is 9.78. The van der Waals surface area contributed by atoms with Gasteiger partial charge in [-0.15, -0.1) is 0 Å². The van der Waals surface area contributed by atoms with Gasteiger partial charge in [0.2, 0.25) is 0 Å². The molecule has 3 heterocycles. The second-order valence-electron chi connectivity index (χ2n) is 4.60. The molecule has 0 unspecified atom stereocenters. The summed E-state index contributed by atoms with van der Waals surface area (Å²) in [4.78, 5) is 9.65. The van der Waals surface area contributed by atoms with Crippen LogP contribution >= 0.6 is 0 Å². The number of hydrogen-bond acceptors (Lipinski definition) is 2. The third kappa shape index (κ3) is 1.33. The Bertz CT molecular complexity index is 546. The highest BCUT2D eigenvalue weighted by Crippen LogP contribution is 2.28. The van der Waals surface area contributed by atoms with E-state index in [4.69, 9.17) is 0 Å². The van der Waals surface area contributed by atoms with Crippen molar-refractivity contribution in [1.29, 1.82) is 0 Å². The van der Waals surface area contributed by atoms with Crippen molar-refractivity contribution in [3.8, 4) is 0 Å². The van der Waals surface area contributed by atoms with Crippen molar-refractivity contribution in [3.05, 3.63) is 29.3 Å². The molecule has 0 bridgehead atoms. The molecule has 0 radical (unpaired) electrons. The number of fused-ring (bicyclic) bond motifs is 3. The minimum absolute atomic E-state index is 0.263. The largest absolute Gasteiger partial charge is 0.342 e. The minimum atomic E-state index is -0.263. The molecule has 16 heavy (non-hydrogen) atoms. The third-order valence-electron chi connectivity index (χ3n) is 3.47. The number of rotatable bonds is 0. The van der Waals surface area contributed by atoms with Gasteiger partial charge in [-0.3, -0.25) is 4.90 Å². The van der Waals surface area contributed by atoms with Crippen LogP contribution in [0.5, 0.6) is 0 Å². The summed E-state index contributed by atoms with van der Waals surface area (Å²) in [7, 11) is 2.10. The lowest BCUT2D eigenvalue weighted by molar-refractivity contribution is 0.229. The predicted octanol–water partition coefficient (Wildman–Crippen LogP) is 2.08. The second kappa shape index (κ2) is 3.28. The molecule has 4 heteroatoms. The van der Waals surface area contributed by atoms with Crippen molar-refractivity contribution >= 4 is 11.0 Å². The van der Waals surface area contributed by atoms with Crippen molar-refractivity contribution in [2.24, 2.45) is 0 Å². The van der Waals surface area contributed by atoms with E-state index in [9.17, 15) is 4.39 Å². The monoisotopic (exact) mass is 219 g/mol. The number of nitrogens with one attached hydrogen (secondary N) is 1. The molecule has 3 nitrogen and oxygen atoms in total. The molecule has 2 aromatic rings. The average Bonchev–Trinajstić information content (AvgIpc) is 2.57. The smallest absolute Gasteiger partial charge is 0.142 e. The first-order valence-corrected chi connectivity index (χ1v) is 5.50. The average molecular weight is 219 g/mol. The van der Waals surface area contributed by atoms with Gasteiger partial charge in [-0.1, -0.05) is 0 Å². The van der Waals surface area contributed by atoms with Gasteiger partial charge in [0.05, 0.1) is 6.20 Å². The van der Waals surface area contributed by atoms with Gasteiger partial charge < -0.3 is 4.98 Å². The lowest BCUT2D eigenvalue weighted by Gasteiger charge is -2.29. The zero-order chi connectivity index (χ0) is 11.3. The Labute approximate surface area is 93.3 Å². The van der Waals surface area contributed by atoms with Crippen LogP contribution in [0.15, 0.2) is 12.3 Å². The second-order valence-corrected chi connectivity index (χ2v) is 4.60. The molecular formula is C12H14FN3. The normalized spacial score (nSPS) is 21.3. The third-order valence-corrected chi connectivity index (χ3v) is 3.47. The molecule has 84 valence electrons. The Morgan fingerprint density at radius 1 is 1.56 bits per heavy atom. The minimum Gasteiger partial charge on any atom is -0.342 e. The number of pyridine rings is 1. The molecule has 1 aliphatic rings. The van der Waals surface area contributed by atoms with E-state index >= 15 is 0 Å². The molecule has 2 aromatic heterocycles. The molecule has 1 atom stereocenters. The molecule has 3 rings (SSSR count). The summed E-state index contributed by atoms with van der Waals surface area (Å²) in [5.41, 5.74) is 3.20. The van der Waals surface area contributed by atoms with Crippen LogP contribution in [0.1, 0.15) is 18.2 Å². The summed E-state index contributed by atoms with van der Waals surface area (Å²) in [5.74, 6) is -0.263. The predicted molar refractivity (Wildman–Crippen MR) is 60.7 cm³/mol. The lowest BCUT2D eigenvalue weighted by atomic mass is 9.99. The van der Waals surface area contributed by atoms with Crippen LogP contribution < -0.4 is 0 Å². The van der Waals surface area contributed by atoms with Gasteiger partial charge >= 0.3 is 0 Å². The molecule has 0 fully saturated rings. The van der Waals surface area contributed by atoms with Gasteiger partial charge in [-0.2, -0.15) is 0 Å². The molecular weight excluding hydrogens is 205 g/mol. The molecule has 1 aliphatic heterocycles. The van der Waals surface area contributed by atoms with Gasteiger partial charge in [0, 0.05) is 23.7 Å². The Morgan fingerprint density at radius 2 is 2.38 bits per heavy atom. The van der Waals surface area contributed by atoms with E-state index in [0.717, 1.165) is 24.0 Å². The number of H-pyrrole nitrogens is 1. The molecule has 0 spiro atoms. The van der Waals surface area contributed by atoms with E-state index in [-0.39, 0.29) is 5.82 Å². The van der Waals surface area contributed by atoms with Crippen LogP contribution in [0.25, 0.3) is 11.0 Å². The summed E-state index contributed by atoms with van der Waals surface area (Å²) in [6.45, 7) is 3.07. The fourth-order valence-electron chi connectivity index (χ4n) is 2.37. The summed E-state index contributed by atoms with van der Waals surface area (Å²) < 4.78 is 13.2. The molecule has 1 N–H and O–H groups in total. The molecule has 0 saturated heterocycles. The maximum absolute atomic E-state index is 13.2. The van der Waals surface area contributed by atoms with Crippen molar-refractivity contribution in [3.63, 3.8) is 0 Å². The van der Waals surface area contributed by atoms with Gasteiger partial charge in [0.15, 0.2) is 0 Å². The van der Waals surface area contributed by atoms with Crippen molar-refractivity contribution in [1.82, 2.24) is 14.9 Å². The number of aromatic amines is 1. The van der Waals surface area contributed by atoms with Crippen LogP contribution in [-0.2, 0) is 13.0 Å². The first-order valence-electron chi connectivity index (χ1n) is 5.50. The van der Waals surface area contributed by atoms with E-state index in [1.807, 2.05) is 0 Å². The summed E-state index contributed by atoms with van der Waals surface area (Å²) in [6.07, 6.45) is 2.22. The SMILES string of the molecule is C[C@H]1Cc2c([nH]c3ncc(F)cc23)CN1C. The summed E-state index contributed by atoms with van der Waals surface area (Å²) >= 11 is 0. The van der Waals surface area contributed by atoms with Gasteiger partial charge in [0.1, 0.15) is 11.5 Å². The maximum atomic E-state index is 13.2. The number of hydrogen-bond donors (Lipinski definition) is 1. The highest BCUT2D eigenvalue weighted by atomic mass is 19.1. The molecule has 0 aliphatic carbocycles. The summed E-state index contributed by atoms with van der Waals surface area (Å²) in [5, 5.41) is 0.940. The zero-order valence-corrected chi connectivity index (χ0v) is 9.42. The van der Waals surface area contributed by atoms with Gasteiger partial charge in [-0.05, 0) is 32.0 Å². The fourth-order valence-corrected chi connectivity index (χ4v) is 2.37. The number of halogens is 1. The van der Waals surface area contributed by atoms with Crippen LogP contribution in [0.2, 0.25) is 0 Å². The van der Waals surface area contributed by atoms with Crippen LogP contribution in [0, 0.1) is 5.82 Å². The molecule has 0 amide bonds. The lowest BCUT2D eigenvalue weighted by Crippen LogP contribution is -2.34. The Morgan fingerprint density at radius 3 is 3.19 bits per heavy atom. The van der Waals surface area contributed by atoms with E-state index in [1.165, 1.54) is 17.5 Å². The highest BCUT2D eigenvalue weighted by molar-refractivity contribution is 5.81. The maximum Gasteiger partial charge on any atom is 0.142 e. The Balaban J connectivity index is 2.21. The molecule has 0 saturated carbocycles. The first-order chi connectivity index (χ1) is 7.65. The van der Waals surface area contributed by atoms with Crippen molar-refractivity contribution in [2.45, 2.75) is 25.9 Å². The van der Waals surface area contributed by atoms with Crippen molar-refractivity contribution in [2.75, 3.05) is 7.05 Å². The highest BCUT2D eigenvalue weighted by Gasteiger charge is 2.23. The number of nitrogens with zero attached hydrogens (tertiary/aromatic N) is 2. The van der Waals surface area contributed by atoms with E-state index in [2.05, 4.69) is 28.8 Å². The van der Waals surface area contributed by atoms with Crippen LogP contribution in [0.3, 0.4) is 0 Å². The van der Waals surface area contributed by atoms with E-state index in [1.54, 1.807) is 6.07 Å².